The van der Waals surface area contributed by atoms with Gasteiger partial charge in [0, 0.05) is 17.8 Å². The van der Waals surface area contributed by atoms with Crippen molar-refractivity contribution in [2.24, 2.45) is 5.73 Å². The Morgan fingerprint density at radius 1 is 1.44 bits per heavy atom. The van der Waals surface area contributed by atoms with Crippen molar-refractivity contribution in [2.75, 3.05) is 5.32 Å². The predicted octanol–water partition coefficient (Wildman–Crippen LogP) is 0.409. The van der Waals surface area contributed by atoms with Crippen LogP contribution in [0.15, 0.2) is 24.3 Å². The number of benzene rings is 1. The summed E-state index contributed by atoms with van der Waals surface area (Å²) in [6.45, 7) is 0. The van der Waals surface area contributed by atoms with Crippen LogP contribution >= 0.6 is 0 Å². The van der Waals surface area contributed by atoms with Crippen LogP contribution in [0.3, 0.4) is 0 Å². The lowest BCUT2D eigenvalue weighted by Crippen LogP contribution is -2.21. The third-order valence-corrected chi connectivity index (χ3v) is 1.68. The van der Waals surface area contributed by atoms with E-state index in [1.165, 1.54) is 24.3 Å². The number of anilines is 1. The van der Waals surface area contributed by atoms with Crippen molar-refractivity contribution < 1.29 is 14.5 Å². The summed E-state index contributed by atoms with van der Waals surface area (Å²) in [7, 11) is 0. The van der Waals surface area contributed by atoms with Gasteiger partial charge in [-0.05, 0) is 6.07 Å². The number of hydrogen-bond acceptors (Lipinski definition) is 4. The van der Waals surface area contributed by atoms with Crippen molar-refractivity contribution in [3.05, 3.63) is 34.4 Å². The van der Waals surface area contributed by atoms with Crippen molar-refractivity contribution in [1.82, 2.24) is 0 Å². The predicted molar refractivity (Wildman–Crippen MR) is 55.5 cm³/mol. The summed E-state index contributed by atoms with van der Waals surface area (Å²) < 4.78 is 0. The molecule has 0 aromatic heterocycles. The summed E-state index contributed by atoms with van der Waals surface area (Å²) >= 11 is 0. The Balaban J connectivity index is 2.74. The highest BCUT2D eigenvalue weighted by Gasteiger charge is 2.09. The van der Waals surface area contributed by atoms with Crippen molar-refractivity contribution in [3.63, 3.8) is 0 Å². The van der Waals surface area contributed by atoms with Crippen molar-refractivity contribution in [2.45, 2.75) is 6.42 Å². The van der Waals surface area contributed by atoms with Gasteiger partial charge >= 0.3 is 0 Å². The number of carbonyl (C=O) groups excluding carboxylic acids is 2. The second kappa shape index (κ2) is 4.87. The smallest absolute Gasteiger partial charge is 0.271 e. The Kier molecular flexibility index (Phi) is 3.54. The Morgan fingerprint density at radius 3 is 2.69 bits per heavy atom. The zero-order valence-electron chi connectivity index (χ0n) is 8.17. The lowest BCUT2D eigenvalue weighted by molar-refractivity contribution is -0.384. The molecular formula is C9H9N3O4. The van der Waals surface area contributed by atoms with Crippen LogP contribution in [-0.4, -0.2) is 16.7 Å². The van der Waals surface area contributed by atoms with Gasteiger partial charge in [-0.3, -0.25) is 19.7 Å². The van der Waals surface area contributed by atoms with E-state index in [1.54, 1.807) is 0 Å². The highest BCUT2D eigenvalue weighted by molar-refractivity contribution is 6.03. The second-order valence-corrected chi connectivity index (χ2v) is 3.00. The molecule has 1 aromatic rings. The van der Waals surface area contributed by atoms with Crippen LogP contribution in [0.4, 0.5) is 11.4 Å². The lowest BCUT2D eigenvalue weighted by Gasteiger charge is -2.02. The molecule has 0 heterocycles. The van der Waals surface area contributed by atoms with Gasteiger partial charge in [0.25, 0.3) is 5.69 Å². The third-order valence-electron chi connectivity index (χ3n) is 1.68. The maximum absolute atomic E-state index is 11.1. The molecule has 7 heteroatoms. The zero-order chi connectivity index (χ0) is 12.1. The fraction of sp³-hybridized carbons (Fsp3) is 0.111. The molecule has 2 amide bonds. The average Bonchev–Trinajstić information content (AvgIpc) is 2.16. The van der Waals surface area contributed by atoms with Crippen LogP contribution in [0.1, 0.15) is 6.42 Å². The number of hydrogen-bond donors (Lipinski definition) is 2. The van der Waals surface area contributed by atoms with Gasteiger partial charge in [0.1, 0.15) is 6.42 Å². The monoisotopic (exact) mass is 223 g/mol. The number of rotatable bonds is 4. The van der Waals surface area contributed by atoms with Crippen LogP contribution in [-0.2, 0) is 9.59 Å². The number of nitrogens with two attached hydrogens (primary N) is 1. The Morgan fingerprint density at radius 2 is 2.12 bits per heavy atom. The molecule has 3 N–H and O–H groups in total. The maximum Gasteiger partial charge on any atom is 0.271 e. The standard InChI is InChI=1S/C9H9N3O4/c10-8(13)5-9(14)11-6-2-1-3-7(4-6)12(15)16/h1-4H,5H2,(H2,10,13)(H,11,14). The Bertz CT molecular complexity index is 444. The van der Waals surface area contributed by atoms with Gasteiger partial charge in [-0.25, -0.2) is 0 Å². The SMILES string of the molecule is NC(=O)CC(=O)Nc1cccc([N+](=O)[O-])c1. The van der Waals surface area contributed by atoms with Gasteiger partial charge in [0.05, 0.1) is 4.92 Å². The van der Waals surface area contributed by atoms with Gasteiger partial charge in [0.2, 0.25) is 11.8 Å². The molecule has 84 valence electrons. The number of nitrogens with one attached hydrogen (secondary N) is 1. The first-order valence-electron chi connectivity index (χ1n) is 4.31. The second-order valence-electron chi connectivity index (χ2n) is 3.00. The van der Waals surface area contributed by atoms with Gasteiger partial charge in [-0.1, -0.05) is 6.07 Å². The first-order valence-corrected chi connectivity index (χ1v) is 4.31. The number of primary amides is 1. The summed E-state index contributed by atoms with van der Waals surface area (Å²) in [5, 5.41) is 12.8. The molecular weight excluding hydrogens is 214 g/mol. The van der Waals surface area contributed by atoms with E-state index in [9.17, 15) is 19.7 Å². The first kappa shape index (κ1) is 11.6. The van der Waals surface area contributed by atoms with Gasteiger partial charge < -0.3 is 11.1 Å². The Labute approximate surface area is 90.4 Å². The number of nitro benzene ring substituents is 1. The fourth-order valence-electron chi connectivity index (χ4n) is 1.06. The molecule has 0 aliphatic heterocycles. The molecule has 1 rings (SSSR count). The molecule has 0 fully saturated rings. The van der Waals surface area contributed by atoms with E-state index in [1.807, 2.05) is 0 Å². The van der Waals surface area contributed by atoms with Gasteiger partial charge in [0.15, 0.2) is 0 Å². The number of amides is 2. The third kappa shape index (κ3) is 3.37. The summed E-state index contributed by atoms with van der Waals surface area (Å²) in [6.07, 6.45) is -0.456. The number of nitrogens with zero attached hydrogens (tertiary/aromatic N) is 1. The van der Waals surface area contributed by atoms with E-state index >= 15 is 0 Å². The molecule has 0 spiro atoms. The number of non-ortho nitro benzene ring substituents is 1. The number of nitro groups is 1. The molecule has 16 heavy (non-hydrogen) atoms. The van der Waals surface area contributed by atoms with E-state index in [0.717, 1.165) is 0 Å². The number of carbonyl (C=O) groups is 2. The van der Waals surface area contributed by atoms with Crippen LogP contribution in [0, 0.1) is 10.1 Å². The Hall–Kier alpha value is -2.44. The zero-order valence-corrected chi connectivity index (χ0v) is 8.17. The maximum atomic E-state index is 11.1. The minimum absolute atomic E-state index is 0.142. The lowest BCUT2D eigenvalue weighted by atomic mass is 10.2. The molecule has 0 atom stereocenters. The minimum atomic E-state index is -0.761. The molecule has 0 saturated heterocycles. The normalized spacial score (nSPS) is 9.50. The van der Waals surface area contributed by atoms with Crippen molar-refractivity contribution in [3.8, 4) is 0 Å². The molecule has 0 bridgehead atoms. The van der Waals surface area contributed by atoms with Gasteiger partial charge in [-0.2, -0.15) is 0 Å². The van der Waals surface area contributed by atoms with E-state index in [4.69, 9.17) is 5.73 Å². The molecule has 1 aromatic carbocycles. The van der Waals surface area contributed by atoms with E-state index in [2.05, 4.69) is 5.32 Å². The topological polar surface area (TPSA) is 115 Å². The summed E-state index contributed by atoms with van der Waals surface area (Å²) in [4.78, 5) is 31.4. The highest BCUT2D eigenvalue weighted by atomic mass is 16.6. The molecule has 0 unspecified atom stereocenters. The molecule has 0 aliphatic rings. The summed E-state index contributed by atoms with van der Waals surface area (Å²) in [5.74, 6) is -1.36. The van der Waals surface area contributed by atoms with Crippen molar-refractivity contribution in [1.29, 1.82) is 0 Å². The minimum Gasteiger partial charge on any atom is -0.369 e. The summed E-state index contributed by atoms with van der Waals surface area (Å²) in [6, 6.07) is 5.40. The van der Waals surface area contributed by atoms with E-state index < -0.39 is 23.2 Å². The van der Waals surface area contributed by atoms with E-state index in [0.29, 0.717) is 0 Å². The summed E-state index contributed by atoms with van der Waals surface area (Å²) in [5.41, 5.74) is 4.93. The van der Waals surface area contributed by atoms with Gasteiger partial charge in [-0.15, -0.1) is 0 Å². The largest absolute Gasteiger partial charge is 0.369 e. The molecule has 0 aliphatic carbocycles. The molecule has 7 nitrogen and oxygen atoms in total. The first-order chi connectivity index (χ1) is 7.49. The molecule has 0 saturated carbocycles. The van der Waals surface area contributed by atoms with E-state index in [-0.39, 0.29) is 11.4 Å². The van der Waals surface area contributed by atoms with Crippen LogP contribution in [0.2, 0.25) is 0 Å². The quantitative estimate of drug-likeness (QED) is 0.436. The average molecular weight is 223 g/mol. The molecule has 0 radical (unpaired) electrons. The highest BCUT2D eigenvalue weighted by Crippen LogP contribution is 2.16. The van der Waals surface area contributed by atoms with Crippen molar-refractivity contribution >= 4 is 23.2 Å². The van der Waals surface area contributed by atoms with Crippen LogP contribution in [0.25, 0.3) is 0 Å². The fourth-order valence-corrected chi connectivity index (χ4v) is 1.06. The van der Waals surface area contributed by atoms with Crippen LogP contribution in [0.5, 0.6) is 0 Å². The van der Waals surface area contributed by atoms with Crippen LogP contribution < -0.4 is 11.1 Å².